The highest BCUT2D eigenvalue weighted by Crippen LogP contribution is 2.76. The summed E-state index contributed by atoms with van der Waals surface area (Å²) in [6.45, 7) is 15.3. The van der Waals surface area contributed by atoms with Crippen LogP contribution < -0.4 is 0 Å². The van der Waals surface area contributed by atoms with Gasteiger partial charge >= 0.3 is 17.9 Å². The lowest BCUT2D eigenvalue weighted by Gasteiger charge is -2.73. The smallest absolute Gasteiger partial charge is 0.335 e. The predicted octanol–water partition coefficient (Wildman–Crippen LogP) is -2.78. The van der Waals surface area contributed by atoms with Crippen LogP contribution in [0.1, 0.15) is 108 Å². The van der Waals surface area contributed by atoms with Gasteiger partial charge in [-0.2, -0.15) is 0 Å². The van der Waals surface area contributed by atoms with E-state index in [0.29, 0.717) is 25.7 Å². The van der Waals surface area contributed by atoms with Crippen molar-refractivity contribution < 1.29 is 133 Å². The maximum absolute atomic E-state index is 13.2. The molecule has 4 saturated carbocycles. The normalized spacial score (nSPS) is 52.4. The van der Waals surface area contributed by atoms with Gasteiger partial charge in [-0.15, -0.1) is 0 Å². The topological polar surface area (TPSA) is 427 Å². The van der Waals surface area contributed by atoms with E-state index >= 15 is 0 Å². The zero-order valence-electron chi connectivity index (χ0n) is 49.1. The predicted molar refractivity (Wildman–Crippen MR) is 280 cm³/mol. The molecule has 0 aromatic rings. The molecule has 8 fully saturated rings. The number of aliphatic carboxylic acids is 1. The Hall–Kier alpha value is -2.69. The van der Waals surface area contributed by atoms with Gasteiger partial charge in [0.15, 0.2) is 37.4 Å². The van der Waals surface area contributed by atoms with Crippen LogP contribution in [0.25, 0.3) is 0 Å². The van der Waals surface area contributed by atoms with Gasteiger partial charge in [0.1, 0.15) is 85.5 Å². The zero-order chi connectivity index (χ0) is 62.0. The molecule has 0 bridgehead atoms. The average molecular weight is 1210 g/mol. The zero-order valence-corrected chi connectivity index (χ0v) is 49.1. The number of allylic oxidation sites excluding steroid dienone is 1. The van der Waals surface area contributed by atoms with Crippen molar-refractivity contribution in [1.82, 2.24) is 0 Å². The van der Waals surface area contributed by atoms with Crippen molar-refractivity contribution in [2.75, 3.05) is 19.8 Å². The van der Waals surface area contributed by atoms with Crippen molar-refractivity contribution in [3.63, 3.8) is 0 Å². The summed E-state index contributed by atoms with van der Waals surface area (Å²) in [5, 5.41) is 157. The van der Waals surface area contributed by atoms with E-state index in [9.17, 15) is 85.9 Å². The van der Waals surface area contributed by atoms with Crippen LogP contribution in [0.5, 0.6) is 0 Å². The van der Waals surface area contributed by atoms with Crippen LogP contribution in [0, 0.1) is 50.2 Å². The molecule has 9 aliphatic rings. The van der Waals surface area contributed by atoms with E-state index in [1.54, 1.807) is 0 Å². The average Bonchev–Trinajstić information content (AvgIpc) is 0.750. The molecular weight excluding hydrogens is 1120 g/mol. The summed E-state index contributed by atoms with van der Waals surface area (Å²) in [6, 6.07) is 0. The number of carbonyl (C=O) groups excluding carboxylic acids is 2. The minimum atomic E-state index is -2.15. The molecule has 0 amide bonds. The second-order valence-electron chi connectivity index (χ2n) is 27.3. The minimum absolute atomic E-state index is 0.197. The van der Waals surface area contributed by atoms with E-state index in [1.807, 2.05) is 34.6 Å². The fourth-order valence-electron chi connectivity index (χ4n) is 17.4. The first-order chi connectivity index (χ1) is 39.1. The van der Waals surface area contributed by atoms with Gasteiger partial charge in [-0.05, 0) is 79.4 Å². The van der Waals surface area contributed by atoms with Crippen LogP contribution in [0.2, 0.25) is 0 Å². The fraction of sp³-hybridized carbons (Fsp3) is 0.912. The number of aliphatic hydroxyl groups is 13. The first-order valence-corrected chi connectivity index (χ1v) is 29.3. The quantitative estimate of drug-likeness (QED) is 0.0475. The van der Waals surface area contributed by atoms with Gasteiger partial charge in [-0.25, -0.2) is 4.79 Å². The molecule has 84 heavy (non-hydrogen) atoms. The van der Waals surface area contributed by atoms with E-state index < -0.39 is 223 Å². The second-order valence-corrected chi connectivity index (χ2v) is 27.3. The summed E-state index contributed by atoms with van der Waals surface area (Å²) >= 11 is 0. The Bertz CT molecular complexity index is 2430. The number of ether oxygens (including phenoxy) is 10. The Balaban J connectivity index is 1.05. The molecule has 0 aromatic heterocycles. The SMILES string of the molecule is CC(=O)O[C@H]1[C@H](O)[C@@H](O[C@@H]2[C@H](OC(C)=O)C(C)(C)CC3C4=CCC5[C@@]6(C)CC[C@H](O[C@H]7O[C@H](C(=O)O)[C@@H](O)[C@H](O[C@H]8O[C@H](CO)[C@@H](O)[C@@H]8O)[C@H]7O[C@@H]7O[C@H](CO)[C@H](O)[C@H](O)[C@H]7O)C(C)(C)C6CC[C@@]5(C)[C@]4(C)[C@H](O)[C@H](O)[C@]32CO)O[C@@H](C)[C@@H]1O. The molecule has 27 heteroatoms. The van der Waals surface area contributed by atoms with Gasteiger partial charge in [0.25, 0.3) is 0 Å². The summed E-state index contributed by atoms with van der Waals surface area (Å²) in [7, 11) is 0. The number of rotatable bonds is 14. The number of hydrogen-bond acceptors (Lipinski definition) is 26. The van der Waals surface area contributed by atoms with Crippen LogP contribution in [0.3, 0.4) is 0 Å². The van der Waals surface area contributed by atoms with Gasteiger partial charge in [-0.1, -0.05) is 60.1 Å². The molecule has 4 heterocycles. The third-order valence-corrected chi connectivity index (χ3v) is 22.0. The lowest BCUT2D eigenvalue weighted by atomic mass is 9.32. The summed E-state index contributed by atoms with van der Waals surface area (Å²) < 4.78 is 60.5. The Labute approximate surface area is 486 Å². The summed E-state index contributed by atoms with van der Waals surface area (Å²) in [5.41, 5.74) is -5.41. The molecule has 14 N–H and O–H groups in total. The molecular formula is C57H90O27. The van der Waals surface area contributed by atoms with Gasteiger partial charge < -0.3 is 119 Å². The molecule has 0 radical (unpaired) electrons. The Morgan fingerprint density at radius 2 is 1.15 bits per heavy atom. The van der Waals surface area contributed by atoms with Gasteiger partial charge in [-0.3, -0.25) is 9.59 Å². The van der Waals surface area contributed by atoms with E-state index in [-0.39, 0.29) is 24.7 Å². The molecule has 0 spiro atoms. The second kappa shape index (κ2) is 23.6. The number of esters is 2. The highest BCUT2D eigenvalue weighted by atomic mass is 16.8. The van der Waals surface area contributed by atoms with Crippen molar-refractivity contribution in [2.45, 2.75) is 255 Å². The fourth-order valence-corrected chi connectivity index (χ4v) is 17.4. The van der Waals surface area contributed by atoms with E-state index in [0.717, 1.165) is 12.5 Å². The van der Waals surface area contributed by atoms with Crippen LogP contribution in [-0.4, -0.2) is 256 Å². The Morgan fingerprint density at radius 1 is 0.583 bits per heavy atom. The maximum Gasteiger partial charge on any atom is 0.335 e. The molecule has 31 atom stereocenters. The van der Waals surface area contributed by atoms with Crippen molar-refractivity contribution in [3.8, 4) is 0 Å². The first-order valence-electron chi connectivity index (χ1n) is 29.3. The monoisotopic (exact) mass is 1210 g/mol. The third-order valence-electron chi connectivity index (χ3n) is 22.0. The minimum Gasteiger partial charge on any atom is -0.479 e. The van der Waals surface area contributed by atoms with Gasteiger partial charge in [0.05, 0.1) is 49.7 Å². The van der Waals surface area contributed by atoms with Crippen molar-refractivity contribution >= 4 is 17.9 Å². The Morgan fingerprint density at radius 3 is 1.73 bits per heavy atom. The number of carboxylic acid groups (broad SMARTS) is 1. The molecule has 480 valence electrons. The van der Waals surface area contributed by atoms with Crippen LogP contribution in [-0.2, 0) is 61.8 Å². The van der Waals surface area contributed by atoms with Crippen LogP contribution >= 0.6 is 0 Å². The summed E-state index contributed by atoms with van der Waals surface area (Å²) in [6.07, 6.45) is -35.6. The number of aliphatic hydroxyl groups excluding tert-OH is 13. The number of carbonyl (C=O) groups is 3. The lowest BCUT2D eigenvalue weighted by molar-refractivity contribution is -0.386. The van der Waals surface area contributed by atoms with Gasteiger partial charge in [0, 0.05) is 24.7 Å². The van der Waals surface area contributed by atoms with E-state index in [1.165, 1.54) is 13.8 Å². The summed E-state index contributed by atoms with van der Waals surface area (Å²) in [5.74, 6) is -4.34. The highest BCUT2D eigenvalue weighted by molar-refractivity contribution is 5.73. The van der Waals surface area contributed by atoms with Crippen LogP contribution in [0.4, 0.5) is 0 Å². The first kappa shape index (κ1) is 65.7. The van der Waals surface area contributed by atoms with E-state index in [2.05, 4.69) is 19.9 Å². The standard InChI is InChI=1S/C57H90O27/c1-21-31(63)39(76-22(2)61)38(70)50(75-21)84-46-45(77-23(3)62)52(4,5)17-25-24-11-12-29-54(8)15-14-30(53(6,7)28(54)13-16-55(29,9)56(24,10)43(71)44(72)57(25,46)20-60)80-51-42(83-49-36(68)34(66)32(64)26(18-58)78-49)40(37(69)41(82-51)47(73)74)81-48-35(67)33(65)27(19-59)79-48/h11,21,25-46,48-51,58-60,63-72H,12-20H2,1-10H3,(H,73,74)/t21-,25?,26+,27+,28?,29?,30-,31-,32-,33+,34-,35-,36+,37-,38-,39+,40-,41-,42+,43+,44-,45-,46+,48+,49-,50+,51-,54-,55+,56-,57-/m0/s1. The van der Waals surface area contributed by atoms with Crippen molar-refractivity contribution in [1.29, 1.82) is 0 Å². The molecule has 5 aliphatic carbocycles. The molecule has 3 unspecified atom stereocenters. The molecule has 9 rings (SSSR count). The maximum atomic E-state index is 13.2. The van der Waals surface area contributed by atoms with Gasteiger partial charge in [0.2, 0.25) is 0 Å². The molecule has 0 aromatic carbocycles. The Kier molecular flexibility index (Phi) is 18.5. The van der Waals surface area contributed by atoms with E-state index in [4.69, 9.17) is 47.4 Å². The third kappa shape index (κ3) is 10.3. The molecule has 4 aliphatic heterocycles. The van der Waals surface area contributed by atoms with Crippen molar-refractivity contribution in [2.24, 2.45) is 50.2 Å². The lowest BCUT2D eigenvalue weighted by Crippen LogP contribution is -2.77. The number of fused-ring (bicyclic) bond motifs is 7. The van der Waals surface area contributed by atoms with Crippen LogP contribution in [0.15, 0.2) is 11.6 Å². The van der Waals surface area contributed by atoms with Crippen molar-refractivity contribution in [3.05, 3.63) is 11.6 Å². The number of hydrogen-bond donors (Lipinski definition) is 14. The largest absolute Gasteiger partial charge is 0.479 e. The number of carboxylic acids is 1. The molecule has 4 saturated heterocycles. The highest BCUT2D eigenvalue weighted by Gasteiger charge is 2.76. The summed E-state index contributed by atoms with van der Waals surface area (Å²) in [4.78, 5) is 38.1. The molecule has 27 nitrogen and oxygen atoms in total.